The van der Waals surface area contributed by atoms with E-state index in [1.807, 2.05) is 34.6 Å². The first-order valence-electron chi connectivity index (χ1n) is 9.95. The molecule has 0 aliphatic carbocycles. The number of ketones is 1. The van der Waals surface area contributed by atoms with Gasteiger partial charge in [0.1, 0.15) is 12.1 Å². The lowest BCUT2D eigenvalue weighted by atomic mass is 9.96. The van der Waals surface area contributed by atoms with Gasteiger partial charge in [0.25, 0.3) is 5.91 Å². The van der Waals surface area contributed by atoms with Crippen LogP contribution in [0.2, 0.25) is 0 Å². The number of hydrogen-bond acceptors (Lipinski definition) is 5. The third-order valence-corrected chi connectivity index (χ3v) is 4.39. The molecule has 0 aliphatic heterocycles. The van der Waals surface area contributed by atoms with E-state index < -0.39 is 23.8 Å². The number of Topliss-reactive ketones (excluding diaryl/α,β-unsaturated/α-hetero) is 1. The second-order valence-electron chi connectivity index (χ2n) is 7.57. The molecule has 0 bridgehead atoms. The molecule has 0 radical (unpaired) electrons. The van der Waals surface area contributed by atoms with E-state index in [9.17, 15) is 14.4 Å². The molecule has 0 saturated carbocycles. The molecule has 1 rings (SSSR count). The zero-order valence-electron chi connectivity index (χ0n) is 17.5. The molecular formula is C21H33N3O4. The van der Waals surface area contributed by atoms with Gasteiger partial charge in [-0.05, 0) is 30.4 Å². The molecular weight excluding hydrogens is 358 g/mol. The Morgan fingerprint density at radius 1 is 1.11 bits per heavy atom. The minimum absolute atomic E-state index is 0.150. The highest BCUT2D eigenvalue weighted by atomic mass is 16.6. The lowest BCUT2D eigenvalue weighted by Gasteiger charge is -2.26. The van der Waals surface area contributed by atoms with Crippen LogP contribution in [0.25, 0.3) is 0 Å². The van der Waals surface area contributed by atoms with Gasteiger partial charge in [0.05, 0.1) is 12.2 Å². The van der Waals surface area contributed by atoms with Crippen LogP contribution in [0.15, 0.2) is 24.4 Å². The Labute approximate surface area is 167 Å². The number of nitrogens with zero attached hydrogens (tertiary/aromatic N) is 1. The lowest BCUT2D eigenvalue weighted by molar-refractivity contribution is -0.139. The summed E-state index contributed by atoms with van der Waals surface area (Å²) in [7, 11) is 0. The van der Waals surface area contributed by atoms with E-state index >= 15 is 0 Å². The van der Waals surface area contributed by atoms with Gasteiger partial charge in [0, 0.05) is 6.20 Å². The van der Waals surface area contributed by atoms with Crippen molar-refractivity contribution in [2.75, 3.05) is 0 Å². The number of aromatic nitrogens is 1. The molecule has 0 saturated heterocycles. The van der Waals surface area contributed by atoms with Gasteiger partial charge in [-0.1, -0.05) is 53.5 Å². The highest BCUT2D eigenvalue weighted by molar-refractivity contribution is 6.38. The van der Waals surface area contributed by atoms with E-state index in [0.29, 0.717) is 18.5 Å². The normalized spacial score (nSPS) is 12.1. The Hall–Kier alpha value is -2.44. The maximum atomic E-state index is 12.6. The summed E-state index contributed by atoms with van der Waals surface area (Å²) in [5.74, 6) is -1.11. The molecule has 0 spiro atoms. The van der Waals surface area contributed by atoms with Gasteiger partial charge in [-0.15, -0.1) is 0 Å². The van der Waals surface area contributed by atoms with E-state index in [1.54, 1.807) is 24.4 Å². The Bertz CT molecular complexity index is 624. The molecule has 28 heavy (non-hydrogen) atoms. The van der Waals surface area contributed by atoms with Gasteiger partial charge in [0.15, 0.2) is 0 Å². The summed E-state index contributed by atoms with van der Waals surface area (Å²) in [6.45, 7) is 10.0. The number of nitrogens with one attached hydrogen (secondary N) is 2. The van der Waals surface area contributed by atoms with Crippen molar-refractivity contribution in [2.24, 2.45) is 11.8 Å². The summed E-state index contributed by atoms with van der Waals surface area (Å²) in [6.07, 6.45) is 2.62. The zero-order valence-corrected chi connectivity index (χ0v) is 17.5. The zero-order chi connectivity index (χ0) is 21.1. The first-order chi connectivity index (χ1) is 13.3. The minimum atomic E-state index is -0.906. The number of hydrogen-bond donors (Lipinski definition) is 2. The first kappa shape index (κ1) is 23.6. The molecule has 0 aromatic carbocycles. The van der Waals surface area contributed by atoms with Gasteiger partial charge < -0.3 is 15.4 Å². The molecule has 2 N–H and O–H groups in total. The van der Waals surface area contributed by atoms with Crippen LogP contribution in [0.1, 0.15) is 59.6 Å². The second-order valence-corrected chi connectivity index (χ2v) is 7.57. The summed E-state index contributed by atoms with van der Waals surface area (Å²) in [5.41, 5.74) is 0.651. The fourth-order valence-corrected chi connectivity index (χ4v) is 2.94. The standard InChI is InChI=1S/C21H33N3O4/c1-6-7-11-17(24-21(27)28-19(14(2)3)15(4)5)18(25)20(26)23-13-16-10-8-9-12-22-16/h8-10,12,14-15,17,19H,6-7,11,13H2,1-5H3,(H,23,26)(H,24,27)/t17-/m0/s1. The van der Waals surface area contributed by atoms with Crippen molar-refractivity contribution in [3.05, 3.63) is 30.1 Å². The van der Waals surface area contributed by atoms with E-state index in [0.717, 1.165) is 6.42 Å². The summed E-state index contributed by atoms with van der Waals surface area (Å²) >= 11 is 0. The molecule has 1 aromatic rings. The van der Waals surface area contributed by atoms with Gasteiger partial charge in [-0.25, -0.2) is 4.79 Å². The van der Waals surface area contributed by atoms with Crippen molar-refractivity contribution in [1.82, 2.24) is 15.6 Å². The number of amides is 2. The SMILES string of the molecule is CCCC[C@H](NC(=O)OC(C(C)C)C(C)C)C(=O)C(=O)NCc1ccccn1. The maximum Gasteiger partial charge on any atom is 0.408 e. The molecule has 0 unspecified atom stereocenters. The highest BCUT2D eigenvalue weighted by Gasteiger charge is 2.29. The lowest BCUT2D eigenvalue weighted by Crippen LogP contribution is -2.48. The van der Waals surface area contributed by atoms with Gasteiger partial charge in [-0.3, -0.25) is 14.6 Å². The highest BCUT2D eigenvalue weighted by Crippen LogP contribution is 2.16. The van der Waals surface area contributed by atoms with Crippen molar-refractivity contribution >= 4 is 17.8 Å². The third kappa shape index (κ3) is 8.06. The number of rotatable bonds is 11. The van der Waals surface area contributed by atoms with E-state index in [2.05, 4.69) is 15.6 Å². The molecule has 7 heteroatoms. The maximum absolute atomic E-state index is 12.6. The van der Waals surface area contributed by atoms with Crippen LogP contribution in [0.5, 0.6) is 0 Å². The minimum Gasteiger partial charge on any atom is -0.446 e. The number of ether oxygens (including phenoxy) is 1. The average molecular weight is 392 g/mol. The molecule has 7 nitrogen and oxygen atoms in total. The summed E-state index contributed by atoms with van der Waals surface area (Å²) < 4.78 is 5.50. The van der Waals surface area contributed by atoms with Crippen LogP contribution >= 0.6 is 0 Å². The van der Waals surface area contributed by atoms with Crippen molar-refractivity contribution in [3.8, 4) is 0 Å². The number of unbranched alkanes of at least 4 members (excludes halogenated alkanes) is 1. The van der Waals surface area contributed by atoms with Gasteiger partial charge in [-0.2, -0.15) is 0 Å². The number of pyridine rings is 1. The molecule has 156 valence electrons. The van der Waals surface area contributed by atoms with Gasteiger partial charge >= 0.3 is 6.09 Å². The molecule has 1 heterocycles. The predicted octanol–water partition coefficient (Wildman–Crippen LogP) is 3.23. The second kappa shape index (κ2) is 12.1. The van der Waals surface area contributed by atoms with Gasteiger partial charge in [0.2, 0.25) is 5.78 Å². The van der Waals surface area contributed by atoms with Crippen LogP contribution < -0.4 is 10.6 Å². The monoisotopic (exact) mass is 391 g/mol. The van der Waals surface area contributed by atoms with Crippen molar-refractivity contribution in [1.29, 1.82) is 0 Å². The van der Waals surface area contributed by atoms with Crippen molar-refractivity contribution in [3.63, 3.8) is 0 Å². The quantitative estimate of drug-likeness (QED) is 0.565. The molecule has 1 aromatic heterocycles. The Morgan fingerprint density at radius 3 is 2.32 bits per heavy atom. The first-order valence-corrected chi connectivity index (χ1v) is 9.95. The number of alkyl carbamates (subject to hydrolysis) is 1. The van der Waals surface area contributed by atoms with Crippen LogP contribution in [0.3, 0.4) is 0 Å². The fraction of sp³-hybridized carbons (Fsp3) is 0.619. The van der Waals surface area contributed by atoms with Crippen LogP contribution in [-0.4, -0.2) is 34.9 Å². The van der Waals surface area contributed by atoms with Crippen LogP contribution in [0, 0.1) is 11.8 Å². The fourth-order valence-electron chi connectivity index (χ4n) is 2.94. The van der Waals surface area contributed by atoms with Crippen LogP contribution in [0.4, 0.5) is 4.79 Å². The van der Waals surface area contributed by atoms with Crippen LogP contribution in [-0.2, 0) is 20.9 Å². The summed E-state index contributed by atoms with van der Waals surface area (Å²) in [5, 5.41) is 5.15. The Kier molecular flexibility index (Phi) is 10.2. The number of carbonyl (C=O) groups is 3. The largest absolute Gasteiger partial charge is 0.446 e. The topological polar surface area (TPSA) is 97.4 Å². The summed E-state index contributed by atoms with van der Waals surface area (Å²) in [6, 6.07) is 4.43. The number of carbonyl (C=O) groups excluding carboxylic acids is 3. The van der Waals surface area contributed by atoms with Crippen molar-refractivity contribution in [2.45, 2.75) is 72.6 Å². The van der Waals surface area contributed by atoms with E-state index in [4.69, 9.17) is 4.74 Å². The molecule has 1 atom stereocenters. The van der Waals surface area contributed by atoms with Crippen molar-refractivity contribution < 1.29 is 19.1 Å². The Morgan fingerprint density at radius 2 is 1.79 bits per heavy atom. The molecule has 0 fully saturated rings. The summed E-state index contributed by atoms with van der Waals surface area (Å²) in [4.78, 5) is 41.2. The Balaban J connectivity index is 2.70. The molecule has 2 amide bonds. The predicted molar refractivity (Wildman–Crippen MR) is 107 cm³/mol. The molecule has 0 aliphatic rings. The van der Waals surface area contributed by atoms with E-state index in [-0.39, 0.29) is 24.5 Å². The average Bonchev–Trinajstić information content (AvgIpc) is 2.67. The smallest absolute Gasteiger partial charge is 0.408 e. The van der Waals surface area contributed by atoms with E-state index in [1.165, 1.54) is 0 Å². The third-order valence-electron chi connectivity index (χ3n) is 4.39.